The number of aryl methyl sites for hydroxylation is 1. The highest BCUT2D eigenvalue weighted by atomic mass is 32.2. The Morgan fingerprint density at radius 1 is 1.46 bits per heavy atom. The van der Waals surface area contributed by atoms with E-state index in [1.165, 1.54) is 11.8 Å². The Morgan fingerprint density at radius 3 is 2.96 bits per heavy atom. The molecule has 0 fully saturated rings. The number of hydrogen-bond acceptors (Lipinski definition) is 7. The van der Waals surface area contributed by atoms with Crippen LogP contribution >= 0.6 is 11.8 Å². The van der Waals surface area contributed by atoms with Crippen molar-refractivity contribution in [2.45, 2.75) is 24.5 Å². The molecule has 24 heavy (non-hydrogen) atoms. The molecule has 0 saturated carbocycles. The first-order valence-corrected chi connectivity index (χ1v) is 8.66. The van der Waals surface area contributed by atoms with Crippen LogP contribution in [0.5, 0.6) is 5.75 Å². The second-order valence-electron chi connectivity index (χ2n) is 5.06. The fourth-order valence-electron chi connectivity index (χ4n) is 2.05. The Hall–Kier alpha value is -2.29. The van der Waals surface area contributed by atoms with Crippen molar-refractivity contribution in [3.63, 3.8) is 0 Å². The maximum Gasteiger partial charge on any atom is 0.242 e. The van der Waals surface area contributed by atoms with Crippen molar-refractivity contribution in [2.75, 3.05) is 24.7 Å². The van der Waals surface area contributed by atoms with E-state index in [1.807, 2.05) is 31.2 Å². The minimum atomic E-state index is -0.293. The second kappa shape index (κ2) is 9.11. The van der Waals surface area contributed by atoms with Gasteiger partial charge in [-0.25, -0.2) is 4.68 Å². The summed E-state index contributed by atoms with van der Waals surface area (Å²) in [5.74, 6) is 1.43. The van der Waals surface area contributed by atoms with Crippen LogP contribution in [0.1, 0.15) is 13.3 Å². The minimum absolute atomic E-state index is 0.0305. The van der Waals surface area contributed by atoms with Crippen molar-refractivity contribution in [3.05, 3.63) is 24.3 Å². The quantitative estimate of drug-likeness (QED) is 0.520. The molecule has 2 aromatic rings. The molecule has 8 nitrogen and oxygen atoms in total. The Morgan fingerprint density at radius 2 is 2.29 bits per heavy atom. The number of tetrazole rings is 1. The normalized spacial score (nSPS) is 11.8. The molecular weight excluding hydrogens is 328 g/mol. The van der Waals surface area contributed by atoms with Crippen LogP contribution in [-0.4, -0.2) is 51.6 Å². The molecule has 0 bridgehead atoms. The van der Waals surface area contributed by atoms with Crippen LogP contribution in [0.4, 0.5) is 5.69 Å². The van der Waals surface area contributed by atoms with Crippen LogP contribution in [0.15, 0.2) is 29.4 Å². The second-order valence-corrected chi connectivity index (χ2v) is 6.12. The van der Waals surface area contributed by atoms with Gasteiger partial charge in [-0.1, -0.05) is 24.8 Å². The lowest BCUT2D eigenvalue weighted by Gasteiger charge is -2.18. The third-order valence-corrected chi connectivity index (χ3v) is 4.36. The molecule has 1 heterocycles. The molecule has 0 aliphatic heterocycles. The highest BCUT2D eigenvalue weighted by Crippen LogP contribution is 2.18. The highest BCUT2D eigenvalue weighted by Gasteiger charge is 2.16. The molecule has 0 aliphatic rings. The summed E-state index contributed by atoms with van der Waals surface area (Å²) >= 11 is 1.50. The summed E-state index contributed by atoms with van der Waals surface area (Å²) in [6.07, 6.45) is 0.684. The smallest absolute Gasteiger partial charge is 0.242 e. The van der Waals surface area contributed by atoms with Crippen LogP contribution < -0.4 is 15.4 Å². The monoisotopic (exact) mass is 350 g/mol. The van der Waals surface area contributed by atoms with Crippen molar-refractivity contribution in [3.8, 4) is 5.75 Å². The van der Waals surface area contributed by atoms with Gasteiger partial charge in [0.1, 0.15) is 11.8 Å². The van der Waals surface area contributed by atoms with E-state index in [9.17, 15) is 4.79 Å². The summed E-state index contributed by atoms with van der Waals surface area (Å²) in [4.78, 5) is 12.3. The first kappa shape index (κ1) is 18.1. The van der Waals surface area contributed by atoms with Gasteiger partial charge in [-0.05, 0) is 29.0 Å². The van der Waals surface area contributed by atoms with Gasteiger partial charge in [0.15, 0.2) is 0 Å². The number of ether oxygens (including phenoxy) is 1. The number of methoxy groups -OCH3 is 1. The van der Waals surface area contributed by atoms with Gasteiger partial charge in [0.05, 0.1) is 7.11 Å². The number of rotatable bonds is 9. The lowest BCUT2D eigenvalue weighted by Crippen LogP contribution is -2.40. The Kier molecular flexibility index (Phi) is 6.86. The average molecular weight is 350 g/mol. The fourth-order valence-corrected chi connectivity index (χ4v) is 2.75. The molecule has 9 heteroatoms. The van der Waals surface area contributed by atoms with Crippen LogP contribution in [0.2, 0.25) is 0 Å². The zero-order valence-electron chi connectivity index (χ0n) is 14.0. The van der Waals surface area contributed by atoms with Gasteiger partial charge in [-0.3, -0.25) is 4.79 Å². The molecule has 2 rings (SSSR count). The number of benzene rings is 1. The molecule has 2 N–H and O–H groups in total. The third kappa shape index (κ3) is 5.12. The lowest BCUT2D eigenvalue weighted by atomic mass is 10.2. The van der Waals surface area contributed by atoms with E-state index in [1.54, 1.807) is 18.8 Å². The van der Waals surface area contributed by atoms with E-state index < -0.39 is 0 Å². The summed E-state index contributed by atoms with van der Waals surface area (Å²) in [6.45, 7) is 2.52. The van der Waals surface area contributed by atoms with E-state index in [0.29, 0.717) is 18.7 Å². The zero-order chi connectivity index (χ0) is 17.4. The topological polar surface area (TPSA) is 94.0 Å². The van der Waals surface area contributed by atoms with Crippen molar-refractivity contribution >= 4 is 23.4 Å². The molecule has 130 valence electrons. The standard InChI is InChI=1S/C15H22N6O2S/c1-4-13(17-11-6-5-7-12(10-11)23-3)14(22)16-8-9-24-15-18-19-20-21(15)2/h5-7,10,13,17H,4,8-9H2,1-3H3,(H,16,22)/t13-/m0/s1. The van der Waals surface area contributed by atoms with Crippen LogP contribution in [0, 0.1) is 0 Å². The number of carbonyl (C=O) groups is 1. The molecular formula is C15H22N6O2S. The molecule has 1 amide bonds. The summed E-state index contributed by atoms with van der Waals surface area (Å²) in [5, 5.41) is 18.1. The number of amides is 1. The number of carbonyl (C=O) groups excluding carboxylic acids is 1. The fraction of sp³-hybridized carbons (Fsp3) is 0.467. The van der Waals surface area contributed by atoms with Crippen molar-refractivity contribution in [2.24, 2.45) is 7.05 Å². The maximum atomic E-state index is 12.3. The average Bonchev–Trinajstić information content (AvgIpc) is 3.01. The van der Waals surface area contributed by atoms with Crippen molar-refractivity contribution in [1.82, 2.24) is 25.5 Å². The first-order chi connectivity index (χ1) is 11.6. The van der Waals surface area contributed by atoms with E-state index in [-0.39, 0.29) is 11.9 Å². The predicted octanol–water partition coefficient (Wildman–Crippen LogP) is 1.32. The summed E-state index contributed by atoms with van der Waals surface area (Å²) < 4.78 is 6.80. The highest BCUT2D eigenvalue weighted by molar-refractivity contribution is 7.99. The molecule has 1 aromatic heterocycles. The number of anilines is 1. The molecule has 1 atom stereocenters. The largest absolute Gasteiger partial charge is 0.497 e. The van der Waals surface area contributed by atoms with Crippen molar-refractivity contribution in [1.29, 1.82) is 0 Å². The zero-order valence-corrected chi connectivity index (χ0v) is 14.8. The number of nitrogens with zero attached hydrogens (tertiary/aromatic N) is 4. The van der Waals surface area contributed by atoms with Gasteiger partial charge in [0, 0.05) is 31.1 Å². The Balaban J connectivity index is 1.79. The third-order valence-electron chi connectivity index (χ3n) is 3.35. The molecule has 0 saturated heterocycles. The lowest BCUT2D eigenvalue weighted by molar-refractivity contribution is -0.121. The molecule has 1 aromatic carbocycles. The molecule has 0 spiro atoms. The van der Waals surface area contributed by atoms with E-state index in [0.717, 1.165) is 16.6 Å². The minimum Gasteiger partial charge on any atom is -0.497 e. The SMILES string of the molecule is CC[C@H](Nc1cccc(OC)c1)C(=O)NCCSc1nnnn1C. The van der Waals surface area contributed by atoms with E-state index in [4.69, 9.17) is 4.74 Å². The van der Waals surface area contributed by atoms with E-state index >= 15 is 0 Å². The van der Waals surface area contributed by atoms with Gasteiger partial charge >= 0.3 is 0 Å². The van der Waals surface area contributed by atoms with Crippen LogP contribution in [0.25, 0.3) is 0 Å². The summed E-state index contributed by atoms with van der Waals surface area (Å²) in [5.41, 5.74) is 0.857. The Bertz CT molecular complexity index is 663. The summed E-state index contributed by atoms with van der Waals surface area (Å²) in [7, 11) is 3.40. The number of thioether (sulfide) groups is 1. The van der Waals surface area contributed by atoms with Crippen molar-refractivity contribution < 1.29 is 9.53 Å². The number of nitrogens with one attached hydrogen (secondary N) is 2. The Labute approximate surface area is 145 Å². The van der Waals surface area contributed by atoms with Gasteiger partial charge in [-0.15, -0.1) is 5.10 Å². The maximum absolute atomic E-state index is 12.3. The molecule has 0 aliphatic carbocycles. The number of aromatic nitrogens is 4. The van der Waals surface area contributed by atoms with Gasteiger partial charge in [0.2, 0.25) is 11.1 Å². The summed E-state index contributed by atoms with van der Waals surface area (Å²) in [6, 6.07) is 7.24. The van der Waals surface area contributed by atoms with Crippen LogP contribution in [-0.2, 0) is 11.8 Å². The van der Waals surface area contributed by atoms with Gasteiger partial charge in [-0.2, -0.15) is 0 Å². The molecule has 0 radical (unpaired) electrons. The van der Waals surface area contributed by atoms with Gasteiger partial charge < -0.3 is 15.4 Å². The first-order valence-electron chi connectivity index (χ1n) is 7.67. The predicted molar refractivity (Wildman–Crippen MR) is 93.2 cm³/mol. The van der Waals surface area contributed by atoms with Gasteiger partial charge in [0.25, 0.3) is 0 Å². The number of hydrogen-bond donors (Lipinski definition) is 2. The molecule has 0 unspecified atom stereocenters. The van der Waals surface area contributed by atoms with E-state index in [2.05, 4.69) is 26.2 Å². The van der Waals surface area contributed by atoms with Crippen LogP contribution in [0.3, 0.4) is 0 Å².